The van der Waals surface area contributed by atoms with Gasteiger partial charge in [0.25, 0.3) is 0 Å². The summed E-state index contributed by atoms with van der Waals surface area (Å²) in [4.78, 5) is 0. The first-order valence-electron chi connectivity index (χ1n) is 39.7. The van der Waals surface area contributed by atoms with E-state index in [1.54, 1.807) is 24.7 Å². The molecule has 15 atom stereocenters. The van der Waals surface area contributed by atoms with Gasteiger partial charge in [-0.25, -0.2) is 0 Å². The van der Waals surface area contributed by atoms with E-state index in [1.165, 1.54) is 0 Å². The maximum atomic E-state index is 10.4. The van der Waals surface area contributed by atoms with Crippen LogP contribution in [0.3, 0.4) is 0 Å². The molecule has 0 aromatic carbocycles. The molecule has 0 spiro atoms. The van der Waals surface area contributed by atoms with Gasteiger partial charge >= 0.3 is 0 Å². The molecular formula is C81H146O34. The third kappa shape index (κ3) is 81.5. The first-order chi connectivity index (χ1) is 56.0. The fraction of sp³-hybridized carbons (Fsp3) is 0.753. The summed E-state index contributed by atoms with van der Waals surface area (Å²) in [6, 6.07) is 0. The summed E-state index contributed by atoms with van der Waals surface area (Å²) in [5.74, 6) is 0. The van der Waals surface area contributed by atoms with E-state index < -0.39 is 138 Å². The summed E-state index contributed by atoms with van der Waals surface area (Å²) in [5.41, 5.74) is 0. The summed E-state index contributed by atoms with van der Waals surface area (Å²) < 4.78 is 83.4. The SMILES string of the molecule is O/C=C/CC/C=C/CC/C=C/CC/C=C/CC/C=C/O.OCC(O)COCC(O)COC(COCC(O)CO)COCC(CO/C=C/CC/C=C/CC/C=C/CC/C=C/CC/C=C/OCC(COCC(CO)OCC(CO)OCC(O)CO)OCC(COCC(O)CO)OCC(O)COCC(O)CO)OCC(O)CO.OCC1CO1. The molecule has 115 heavy (non-hydrogen) atoms. The van der Waals surface area contributed by atoms with E-state index in [1.807, 2.05) is 12.2 Å². The Bertz CT molecular complexity index is 2300. The Morgan fingerprint density at radius 1 is 0.226 bits per heavy atom. The van der Waals surface area contributed by atoms with Crippen LogP contribution in [-0.2, 0) is 71.1 Å². The van der Waals surface area contributed by atoms with Gasteiger partial charge in [-0.1, -0.05) is 72.9 Å². The molecule has 34 heteroatoms. The van der Waals surface area contributed by atoms with Crippen LogP contribution in [0.25, 0.3) is 0 Å². The molecule has 1 fully saturated rings. The van der Waals surface area contributed by atoms with E-state index in [0.717, 1.165) is 115 Å². The third-order valence-electron chi connectivity index (χ3n) is 15.3. The van der Waals surface area contributed by atoms with Crippen LogP contribution in [0.5, 0.6) is 0 Å². The molecule has 0 aliphatic carbocycles. The minimum Gasteiger partial charge on any atom is -0.516 e. The molecule has 0 aromatic rings. The Morgan fingerprint density at radius 3 is 0.704 bits per heavy atom. The molecule has 1 aliphatic rings. The van der Waals surface area contributed by atoms with E-state index in [4.69, 9.17) is 102 Å². The van der Waals surface area contributed by atoms with Gasteiger partial charge in [-0.2, -0.15) is 0 Å². The minimum absolute atomic E-state index is 0.00403. The maximum Gasteiger partial charge on any atom is 0.116 e. The van der Waals surface area contributed by atoms with Crippen molar-refractivity contribution < 1.29 is 168 Å². The largest absolute Gasteiger partial charge is 0.516 e. The van der Waals surface area contributed by atoms with E-state index in [9.17, 15) is 61.3 Å². The number of aliphatic hydroxyl groups is 19. The van der Waals surface area contributed by atoms with Crippen LogP contribution in [0.2, 0.25) is 0 Å². The fourth-order valence-corrected chi connectivity index (χ4v) is 8.66. The highest BCUT2D eigenvalue weighted by Gasteiger charge is 2.23. The summed E-state index contributed by atoms with van der Waals surface area (Å²) in [5, 5.41) is 177. The Balaban J connectivity index is 0. The highest BCUT2D eigenvalue weighted by atomic mass is 16.6. The van der Waals surface area contributed by atoms with Crippen molar-refractivity contribution in [3.63, 3.8) is 0 Å². The van der Waals surface area contributed by atoms with Gasteiger partial charge in [0.2, 0.25) is 0 Å². The van der Waals surface area contributed by atoms with Crippen LogP contribution < -0.4 is 0 Å². The van der Waals surface area contributed by atoms with E-state index in [-0.39, 0.29) is 145 Å². The van der Waals surface area contributed by atoms with Gasteiger partial charge in [0.1, 0.15) is 105 Å². The van der Waals surface area contributed by atoms with E-state index >= 15 is 0 Å². The molecule has 0 radical (unpaired) electrons. The van der Waals surface area contributed by atoms with Gasteiger partial charge in [0, 0.05) is 0 Å². The predicted molar refractivity (Wildman–Crippen MR) is 427 cm³/mol. The number of unbranched alkanes of at least 4 members (excludes halogenated alkanes) is 8. The number of rotatable bonds is 81. The van der Waals surface area contributed by atoms with Gasteiger partial charge in [-0.3, -0.25) is 0 Å². The Hall–Kier alpha value is -4.60. The van der Waals surface area contributed by atoms with Gasteiger partial charge in [-0.05, 0) is 127 Å². The molecule has 0 saturated carbocycles. The fourth-order valence-electron chi connectivity index (χ4n) is 8.66. The lowest BCUT2D eigenvalue weighted by molar-refractivity contribution is -0.135. The normalized spacial score (nSPS) is 17.3. The second-order valence-corrected chi connectivity index (χ2v) is 26.4. The number of epoxide rings is 1. The molecule has 1 aliphatic heterocycles. The quantitative estimate of drug-likeness (QED) is 0.0177. The first kappa shape index (κ1) is 112. The molecule has 0 bridgehead atoms. The molecule has 674 valence electrons. The average Bonchev–Trinajstić information content (AvgIpc) is 1.51. The van der Waals surface area contributed by atoms with Crippen molar-refractivity contribution in [2.45, 2.75) is 194 Å². The summed E-state index contributed by atoms with van der Waals surface area (Å²) >= 11 is 0. The molecule has 1 rings (SSSR count). The van der Waals surface area contributed by atoms with E-state index in [2.05, 4.69) is 77.6 Å². The molecule has 15 unspecified atom stereocenters. The lowest BCUT2D eigenvalue weighted by atomic mass is 10.2. The zero-order valence-electron chi connectivity index (χ0n) is 67.4. The van der Waals surface area contributed by atoms with Gasteiger partial charge in [0.05, 0.1) is 210 Å². The summed E-state index contributed by atoms with van der Waals surface area (Å²) in [7, 11) is 0. The minimum atomic E-state index is -1.13. The number of allylic oxidation sites excluding steroid dienone is 16. The second-order valence-electron chi connectivity index (χ2n) is 26.4. The number of hydrogen-bond donors (Lipinski definition) is 19. The Labute approximate surface area is 680 Å². The van der Waals surface area contributed by atoms with Crippen LogP contribution in [-0.4, -0.2) is 387 Å². The van der Waals surface area contributed by atoms with Crippen LogP contribution in [0.15, 0.2) is 122 Å². The van der Waals surface area contributed by atoms with Crippen molar-refractivity contribution in [1.29, 1.82) is 0 Å². The molecule has 1 saturated heterocycles. The Kier molecular flexibility index (Phi) is 85.3. The standard InChI is InChI=1S/C60H112O30.C18H28O2.C3H6O2/c61-19-47(69)27-79-31-53(75)35-87-59(40-81-29-49(71)21-63)43-84-41-57(86-34-52(74)24-66)38-77-17-15-13-11-9-7-5-3-1-2-4-6-8-10-12-14-16-18-78-39-58(42-83-37-55(25-67)89-45-56(26-68)85-33-51(73)23-65)90-46-60(44-82-30-50(72)22-64)88-36-54(76)32-80-28-48(70)20-62;19-17-15-13-11-9-7-5-3-1-2-4-6-8-10-12-14-16-18-20;4-1-3-2-5-3/h1-2,7-10,15-18,47-76H,3-6,11-14,19-46H2;1-2,7-10,15-20H,3-6,11-14H2;3-4H,1-2H2/b2*2-1+,9-7+,10-8+,17-15+,18-16+;. The monoisotopic (exact) mass is 1660 g/mol. The smallest absolute Gasteiger partial charge is 0.116 e. The Morgan fingerprint density at radius 2 is 0.426 bits per heavy atom. The van der Waals surface area contributed by atoms with E-state index in [0.29, 0.717) is 6.42 Å². The van der Waals surface area contributed by atoms with Gasteiger partial charge < -0.3 is 168 Å². The number of hydrogen-bond acceptors (Lipinski definition) is 34. The lowest BCUT2D eigenvalue weighted by Gasteiger charge is -2.25. The highest BCUT2D eigenvalue weighted by molar-refractivity contribution is 4.94. The van der Waals surface area contributed by atoms with Crippen LogP contribution in [0.4, 0.5) is 0 Å². The first-order valence-corrected chi connectivity index (χ1v) is 39.7. The number of ether oxygens (including phenoxy) is 15. The molecule has 0 aromatic heterocycles. The highest BCUT2D eigenvalue weighted by Crippen LogP contribution is 2.11. The molecule has 0 amide bonds. The zero-order chi connectivity index (χ0) is 84.9. The molecular weight excluding hydrogens is 1520 g/mol. The van der Waals surface area contributed by atoms with Crippen LogP contribution in [0.1, 0.15) is 103 Å². The van der Waals surface area contributed by atoms with Gasteiger partial charge in [-0.15, -0.1) is 0 Å². The van der Waals surface area contributed by atoms with Crippen molar-refractivity contribution >= 4 is 0 Å². The molecule has 34 nitrogen and oxygen atoms in total. The predicted octanol–water partition coefficient (Wildman–Crippen LogP) is 1.37. The summed E-state index contributed by atoms with van der Waals surface area (Å²) in [6.07, 6.45) is 40.1. The number of aliphatic hydroxyl groups excluding tert-OH is 19. The second kappa shape index (κ2) is 87.2. The maximum absolute atomic E-state index is 10.4. The van der Waals surface area contributed by atoms with Crippen molar-refractivity contribution in [2.75, 3.05) is 198 Å². The topological polar surface area (TPSA) is 526 Å². The molecule has 1 heterocycles. The lowest BCUT2D eigenvalue weighted by Crippen LogP contribution is -2.37. The van der Waals surface area contributed by atoms with Crippen LogP contribution in [0, 0.1) is 0 Å². The third-order valence-corrected chi connectivity index (χ3v) is 15.3. The van der Waals surface area contributed by atoms with Crippen molar-refractivity contribution in [2.24, 2.45) is 0 Å². The van der Waals surface area contributed by atoms with Crippen molar-refractivity contribution in [3.05, 3.63) is 122 Å². The average molecular weight is 1660 g/mol. The zero-order valence-corrected chi connectivity index (χ0v) is 67.4. The molecule has 19 N–H and O–H groups in total. The van der Waals surface area contributed by atoms with Crippen LogP contribution >= 0.6 is 0 Å². The summed E-state index contributed by atoms with van der Waals surface area (Å²) in [6.45, 7) is -5.31. The van der Waals surface area contributed by atoms with Gasteiger partial charge in [0.15, 0.2) is 0 Å². The van der Waals surface area contributed by atoms with Crippen molar-refractivity contribution in [1.82, 2.24) is 0 Å². The van der Waals surface area contributed by atoms with Crippen molar-refractivity contribution in [3.8, 4) is 0 Å².